The Morgan fingerprint density at radius 3 is 2.41 bits per heavy atom. The van der Waals surface area contributed by atoms with E-state index >= 15 is 0 Å². The largest absolute Gasteiger partial charge is 0.427 e. The summed E-state index contributed by atoms with van der Waals surface area (Å²) in [6, 6.07) is 12.3. The van der Waals surface area contributed by atoms with Crippen LogP contribution < -0.4 is 15.4 Å². The van der Waals surface area contributed by atoms with Gasteiger partial charge in [-0.2, -0.15) is 0 Å². The Labute approximate surface area is 156 Å². The Bertz CT molecular complexity index is 806. The van der Waals surface area contributed by atoms with Crippen molar-refractivity contribution >= 4 is 17.8 Å². The fourth-order valence-corrected chi connectivity index (χ4v) is 2.34. The van der Waals surface area contributed by atoms with E-state index in [1.54, 1.807) is 30.3 Å². The highest BCUT2D eigenvalue weighted by Gasteiger charge is 2.08. The van der Waals surface area contributed by atoms with E-state index in [9.17, 15) is 18.8 Å². The molecule has 27 heavy (non-hydrogen) atoms. The van der Waals surface area contributed by atoms with Crippen molar-refractivity contribution in [2.24, 2.45) is 0 Å². The van der Waals surface area contributed by atoms with Gasteiger partial charge in [-0.25, -0.2) is 4.39 Å². The number of carbonyl (C=O) groups is 3. The molecule has 0 bridgehead atoms. The molecule has 0 unspecified atom stereocenters. The van der Waals surface area contributed by atoms with Gasteiger partial charge in [0, 0.05) is 32.0 Å². The molecule has 0 heterocycles. The first-order valence-electron chi connectivity index (χ1n) is 8.52. The minimum atomic E-state index is -0.462. The minimum Gasteiger partial charge on any atom is -0.427 e. The van der Waals surface area contributed by atoms with Crippen molar-refractivity contribution in [3.63, 3.8) is 0 Å². The quantitative estimate of drug-likeness (QED) is 0.423. The predicted octanol–water partition coefficient (Wildman–Crippen LogP) is 2.23. The predicted molar refractivity (Wildman–Crippen MR) is 97.8 cm³/mol. The fourth-order valence-electron chi connectivity index (χ4n) is 2.34. The molecule has 0 saturated carbocycles. The summed E-state index contributed by atoms with van der Waals surface area (Å²) in [6.45, 7) is 1.84. The van der Waals surface area contributed by atoms with Gasteiger partial charge < -0.3 is 15.4 Å². The van der Waals surface area contributed by atoms with Gasteiger partial charge in [0.25, 0.3) is 5.91 Å². The second kappa shape index (κ2) is 10.1. The molecule has 2 amide bonds. The standard InChI is InChI=1S/C20H21FN2O4/c1-14(24)27-18-4-2-3-16(13-18)20(26)23-12-11-22-19(25)10-7-15-5-8-17(21)9-6-15/h2-6,8-9,13H,7,10-12H2,1H3,(H,22,25)(H,23,26). The van der Waals surface area contributed by atoms with Gasteiger partial charge >= 0.3 is 5.97 Å². The van der Waals surface area contributed by atoms with E-state index in [1.807, 2.05) is 0 Å². The van der Waals surface area contributed by atoms with E-state index < -0.39 is 5.97 Å². The van der Waals surface area contributed by atoms with E-state index in [0.29, 0.717) is 17.7 Å². The normalized spacial score (nSPS) is 10.1. The number of hydrogen-bond donors (Lipinski definition) is 2. The van der Waals surface area contributed by atoms with Gasteiger partial charge in [0.1, 0.15) is 11.6 Å². The van der Waals surface area contributed by atoms with Gasteiger partial charge in [0.05, 0.1) is 0 Å². The number of ether oxygens (including phenoxy) is 1. The highest BCUT2D eigenvalue weighted by molar-refractivity contribution is 5.94. The molecule has 0 saturated heterocycles. The van der Waals surface area contributed by atoms with Gasteiger partial charge in [0.15, 0.2) is 0 Å². The number of halogens is 1. The molecule has 0 aromatic heterocycles. The van der Waals surface area contributed by atoms with Crippen molar-refractivity contribution in [3.8, 4) is 5.75 Å². The molecule has 2 N–H and O–H groups in total. The summed E-state index contributed by atoms with van der Waals surface area (Å²) in [4.78, 5) is 34.8. The molecule has 0 spiro atoms. The van der Waals surface area contributed by atoms with Crippen molar-refractivity contribution in [1.29, 1.82) is 0 Å². The molecule has 0 atom stereocenters. The fraction of sp³-hybridized carbons (Fsp3) is 0.250. The monoisotopic (exact) mass is 372 g/mol. The first kappa shape index (κ1) is 20.1. The molecule has 2 rings (SSSR count). The second-order valence-electron chi connectivity index (χ2n) is 5.85. The number of esters is 1. The average Bonchev–Trinajstić information content (AvgIpc) is 2.64. The summed E-state index contributed by atoms with van der Waals surface area (Å²) in [5.74, 6) is -0.951. The van der Waals surface area contributed by atoms with E-state index in [2.05, 4.69) is 10.6 Å². The Kier molecular flexibility index (Phi) is 7.49. The van der Waals surface area contributed by atoms with Crippen molar-refractivity contribution in [3.05, 3.63) is 65.5 Å². The van der Waals surface area contributed by atoms with Gasteiger partial charge in [0.2, 0.25) is 5.91 Å². The maximum absolute atomic E-state index is 12.8. The Hall–Kier alpha value is -3.22. The molecule has 0 radical (unpaired) electrons. The van der Waals surface area contributed by atoms with Crippen molar-refractivity contribution in [2.45, 2.75) is 19.8 Å². The van der Waals surface area contributed by atoms with E-state index in [-0.39, 0.29) is 37.1 Å². The van der Waals surface area contributed by atoms with Gasteiger partial charge in [-0.15, -0.1) is 0 Å². The van der Waals surface area contributed by atoms with E-state index in [0.717, 1.165) is 5.56 Å². The van der Waals surface area contributed by atoms with Crippen LogP contribution in [0.15, 0.2) is 48.5 Å². The summed E-state index contributed by atoms with van der Waals surface area (Å²) >= 11 is 0. The van der Waals surface area contributed by atoms with Crippen LogP contribution in [0.4, 0.5) is 4.39 Å². The lowest BCUT2D eigenvalue weighted by atomic mass is 10.1. The number of rotatable bonds is 8. The zero-order valence-corrected chi connectivity index (χ0v) is 15.0. The highest BCUT2D eigenvalue weighted by Crippen LogP contribution is 2.13. The number of amides is 2. The molecule has 2 aromatic carbocycles. The third-order valence-corrected chi connectivity index (χ3v) is 3.64. The SMILES string of the molecule is CC(=O)Oc1cccc(C(=O)NCCNC(=O)CCc2ccc(F)cc2)c1. The average molecular weight is 372 g/mol. The third-order valence-electron chi connectivity index (χ3n) is 3.64. The molecule has 2 aromatic rings. The van der Waals surface area contributed by atoms with E-state index in [4.69, 9.17) is 4.74 Å². The van der Waals surface area contributed by atoms with Gasteiger partial charge in [-0.1, -0.05) is 18.2 Å². The molecule has 0 aliphatic carbocycles. The first-order valence-corrected chi connectivity index (χ1v) is 8.52. The van der Waals surface area contributed by atoms with Crippen LogP contribution in [-0.2, 0) is 16.0 Å². The number of carbonyl (C=O) groups excluding carboxylic acids is 3. The topological polar surface area (TPSA) is 84.5 Å². The Balaban J connectivity index is 1.68. The van der Waals surface area contributed by atoms with Crippen LogP contribution in [0.25, 0.3) is 0 Å². The van der Waals surface area contributed by atoms with Crippen molar-refractivity contribution in [1.82, 2.24) is 10.6 Å². The van der Waals surface area contributed by atoms with Crippen LogP contribution in [0.5, 0.6) is 5.75 Å². The number of nitrogens with one attached hydrogen (secondary N) is 2. The molecule has 0 fully saturated rings. The maximum atomic E-state index is 12.8. The van der Waals surface area contributed by atoms with E-state index in [1.165, 1.54) is 25.1 Å². The van der Waals surface area contributed by atoms with Crippen molar-refractivity contribution in [2.75, 3.05) is 13.1 Å². The lowest BCUT2D eigenvalue weighted by Gasteiger charge is -2.08. The maximum Gasteiger partial charge on any atom is 0.308 e. The van der Waals surface area contributed by atoms with Gasteiger partial charge in [-0.3, -0.25) is 14.4 Å². The van der Waals surface area contributed by atoms with Crippen molar-refractivity contribution < 1.29 is 23.5 Å². The number of benzene rings is 2. The summed E-state index contributed by atoms with van der Waals surface area (Å²) in [5.41, 5.74) is 1.24. The van der Waals surface area contributed by atoms with Crippen LogP contribution in [0, 0.1) is 5.82 Å². The lowest BCUT2D eigenvalue weighted by molar-refractivity contribution is -0.131. The molecule has 142 valence electrons. The molecule has 6 nitrogen and oxygen atoms in total. The summed E-state index contributed by atoms with van der Waals surface area (Å²) in [5, 5.41) is 5.39. The van der Waals surface area contributed by atoms with Crippen LogP contribution in [-0.4, -0.2) is 30.9 Å². The van der Waals surface area contributed by atoms with Crippen LogP contribution in [0.1, 0.15) is 29.3 Å². The molecule has 0 aliphatic rings. The third kappa shape index (κ3) is 7.27. The summed E-state index contributed by atoms with van der Waals surface area (Å²) in [6.07, 6.45) is 0.797. The number of hydrogen-bond acceptors (Lipinski definition) is 4. The second-order valence-corrected chi connectivity index (χ2v) is 5.85. The highest BCUT2D eigenvalue weighted by atomic mass is 19.1. The number of aryl methyl sites for hydroxylation is 1. The Morgan fingerprint density at radius 2 is 1.70 bits per heavy atom. The zero-order valence-electron chi connectivity index (χ0n) is 15.0. The summed E-state index contributed by atoms with van der Waals surface area (Å²) in [7, 11) is 0. The first-order chi connectivity index (χ1) is 12.9. The molecule has 0 aliphatic heterocycles. The minimum absolute atomic E-state index is 0.148. The molecule has 7 heteroatoms. The molecular formula is C20H21FN2O4. The summed E-state index contributed by atoms with van der Waals surface area (Å²) < 4.78 is 17.8. The molecular weight excluding hydrogens is 351 g/mol. The van der Waals surface area contributed by atoms with Crippen LogP contribution in [0.2, 0.25) is 0 Å². The van der Waals surface area contributed by atoms with Gasteiger partial charge in [-0.05, 0) is 42.3 Å². The van der Waals surface area contributed by atoms with Crippen LogP contribution >= 0.6 is 0 Å². The van der Waals surface area contributed by atoms with Crippen LogP contribution in [0.3, 0.4) is 0 Å². The zero-order chi connectivity index (χ0) is 19.6. The Morgan fingerprint density at radius 1 is 1.00 bits per heavy atom. The lowest BCUT2D eigenvalue weighted by Crippen LogP contribution is -2.34. The smallest absolute Gasteiger partial charge is 0.308 e.